The molecule has 1 saturated carbocycles. The lowest BCUT2D eigenvalue weighted by Gasteiger charge is -2.25. The molecule has 2 aromatic heterocycles. The summed E-state index contributed by atoms with van der Waals surface area (Å²) in [4.78, 5) is 35.7. The number of thiazole rings is 1. The lowest BCUT2D eigenvalue weighted by molar-refractivity contribution is -0.133. The van der Waals surface area contributed by atoms with Gasteiger partial charge in [0.1, 0.15) is 29.0 Å². The van der Waals surface area contributed by atoms with Crippen molar-refractivity contribution in [2.24, 2.45) is 0 Å². The number of carboxylic acid groups (broad SMARTS) is 1. The van der Waals surface area contributed by atoms with Gasteiger partial charge < -0.3 is 24.0 Å². The molecule has 0 radical (unpaired) electrons. The van der Waals surface area contributed by atoms with Crippen LogP contribution in [0.15, 0.2) is 66.7 Å². The Morgan fingerprint density at radius 2 is 1.70 bits per heavy atom. The van der Waals surface area contributed by atoms with Gasteiger partial charge in [0.15, 0.2) is 0 Å². The topological polar surface area (TPSA) is 107 Å². The molecule has 0 unspecified atom stereocenters. The standard InChI is InChI=1S/C36H37FN4O5S/c1-40(2)33(42)22-45-21-32-39-34(23-8-13-26(37)14-9-23)31(47-32)18-19-46-28-15-10-24(11-16-28)35-38-29-20-25(36(43)44)12-17-30(29)41(35)27-6-4-3-5-7-27/h8-17,20,27H,3-7,18-19,21-22H2,1-2H3,(H,43,44). The molecule has 6 rings (SSSR count). The molecule has 244 valence electrons. The van der Waals surface area contributed by atoms with Crippen LogP contribution in [0.1, 0.15) is 58.4 Å². The molecule has 0 bridgehead atoms. The van der Waals surface area contributed by atoms with Gasteiger partial charge >= 0.3 is 5.97 Å². The molecule has 1 amide bonds. The SMILES string of the molecule is CN(C)C(=O)COCc1nc(-c2ccc(F)cc2)c(CCOc2ccc(-c3nc4cc(C(=O)O)ccc4n3C3CCCCC3)cc2)s1. The Hall–Kier alpha value is -4.61. The van der Waals surface area contributed by atoms with Crippen molar-refractivity contribution in [2.75, 3.05) is 27.3 Å². The van der Waals surface area contributed by atoms with E-state index in [1.807, 2.05) is 30.3 Å². The zero-order chi connectivity index (χ0) is 32.9. The molecular formula is C36H37FN4O5S. The number of carbonyl (C=O) groups excluding carboxylic acids is 1. The maximum Gasteiger partial charge on any atom is 0.335 e. The second-order valence-corrected chi connectivity index (χ2v) is 13.1. The van der Waals surface area contributed by atoms with Gasteiger partial charge in [-0.05, 0) is 79.6 Å². The Kier molecular flexibility index (Phi) is 9.93. The first kappa shape index (κ1) is 32.3. The third-order valence-corrected chi connectivity index (χ3v) is 9.48. The van der Waals surface area contributed by atoms with Gasteiger partial charge in [0.2, 0.25) is 5.91 Å². The van der Waals surface area contributed by atoms with Gasteiger partial charge in [0, 0.05) is 42.6 Å². The van der Waals surface area contributed by atoms with Crippen molar-refractivity contribution >= 4 is 34.2 Å². The number of aromatic nitrogens is 3. The number of hydrogen-bond acceptors (Lipinski definition) is 7. The van der Waals surface area contributed by atoms with Gasteiger partial charge in [0.05, 0.1) is 35.5 Å². The summed E-state index contributed by atoms with van der Waals surface area (Å²) < 4.78 is 27.7. The Morgan fingerprint density at radius 1 is 0.979 bits per heavy atom. The second-order valence-electron chi connectivity index (χ2n) is 11.9. The summed E-state index contributed by atoms with van der Waals surface area (Å²) in [6, 6.07) is 19.6. The quantitative estimate of drug-likeness (QED) is 0.149. The van der Waals surface area contributed by atoms with Crippen molar-refractivity contribution in [2.45, 2.75) is 51.2 Å². The fraction of sp³-hybridized carbons (Fsp3) is 0.333. The van der Waals surface area contributed by atoms with E-state index in [1.165, 1.54) is 34.8 Å². The molecule has 9 nitrogen and oxygen atoms in total. The molecule has 1 fully saturated rings. The number of ether oxygens (including phenoxy) is 2. The van der Waals surface area contributed by atoms with Gasteiger partial charge in [-0.3, -0.25) is 4.79 Å². The van der Waals surface area contributed by atoms with E-state index in [2.05, 4.69) is 4.57 Å². The summed E-state index contributed by atoms with van der Waals surface area (Å²) in [6.07, 6.45) is 6.27. The molecule has 5 aromatic rings. The number of rotatable bonds is 12. The first-order valence-corrected chi connectivity index (χ1v) is 16.6. The molecule has 0 spiro atoms. The normalized spacial score (nSPS) is 13.6. The Bertz CT molecular complexity index is 1860. The van der Waals surface area contributed by atoms with Crippen molar-refractivity contribution < 1.29 is 28.6 Å². The van der Waals surface area contributed by atoms with Crippen LogP contribution in [0.2, 0.25) is 0 Å². The number of benzene rings is 3. The largest absolute Gasteiger partial charge is 0.493 e. The molecule has 0 atom stereocenters. The van der Waals surface area contributed by atoms with E-state index in [0.717, 1.165) is 63.7 Å². The summed E-state index contributed by atoms with van der Waals surface area (Å²) in [7, 11) is 3.36. The fourth-order valence-electron chi connectivity index (χ4n) is 5.93. The third-order valence-electron chi connectivity index (χ3n) is 8.40. The summed E-state index contributed by atoms with van der Waals surface area (Å²) >= 11 is 1.49. The predicted molar refractivity (Wildman–Crippen MR) is 179 cm³/mol. The summed E-state index contributed by atoms with van der Waals surface area (Å²) in [5.74, 6) is 0.129. The van der Waals surface area contributed by atoms with Gasteiger partial charge in [-0.25, -0.2) is 19.2 Å². The highest BCUT2D eigenvalue weighted by atomic mass is 32.1. The number of amides is 1. The van der Waals surface area contributed by atoms with Crippen LogP contribution in [0, 0.1) is 5.82 Å². The molecule has 0 saturated heterocycles. The smallest absolute Gasteiger partial charge is 0.335 e. The Labute approximate surface area is 276 Å². The molecule has 2 heterocycles. The number of halogens is 1. The van der Waals surface area contributed by atoms with Gasteiger partial charge in [-0.2, -0.15) is 0 Å². The molecule has 11 heteroatoms. The molecule has 3 aromatic carbocycles. The highest BCUT2D eigenvalue weighted by molar-refractivity contribution is 7.12. The zero-order valence-corrected chi connectivity index (χ0v) is 27.3. The van der Waals surface area contributed by atoms with E-state index in [1.54, 1.807) is 38.4 Å². The van der Waals surface area contributed by atoms with Crippen LogP contribution >= 0.6 is 11.3 Å². The monoisotopic (exact) mass is 656 g/mol. The molecule has 1 aliphatic rings. The highest BCUT2D eigenvalue weighted by Crippen LogP contribution is 2.37. The highest BCUT2D eigenvalue weighted by Gasteiger charge is 2.23. The molecule has 1 N–H and O–H groups in total. The number of carbonyl (C=O) groups is 2. The molecule has 0 aliphatic heterocycles. The van der Waals surface area contributed by atoms with Crippen LogP contribution in [0.4, 0.5) is 4.39 Å². The second kappa shape index (κ2) is 14.4. The first-order chi connectivity index (χ1) is 22.8. The fourth-order valence-corrected chi connectivity index (χ4v) is 6.93. The van der Waals surface area contributed by atoms with Crippen molar-refractivity contribution in [1.82, 2.24) is 19.4 Å². The average molecular weight is 657 g/mol. The third kappa shape index (κ3) is 7.52. The van der Waals surface area contributed by atoms with E-state index >= 15 is 0 Å². The maximum absolute atomic E-state index is 13.6. The number of imidazole rings is 1. The minimum Gasteiger partial charge on any atom is -0.493 e. The first-order valence-electron chi connectivity index (χ1n) is 15.8. The minimum atomic E-state index is -0.966. The predicted octanol–water partition coefficient (Wildman–Crippen LogP) is 7.40. The zero-order valence-electron chi connectivity index (χ0n) is 26.4. The minimum absolute atomic E-state index is 0.0345. The van der Waals surface area contributed by atoms with Crippen LogP contribution in [-0.4, -0.2) is 63.7 Å². The van der Waals surface area contributed by atoms with E-state index in [4.69, 9.17) is 19.4 Å². The average Bonchev–Trinajstić information content (AvgIpc) is 3.67. The van der Waals surface area contributed by atoms with Crippen LogP contribution in [0.3, 0.4) is 0 Å². The van der Waals surface area contributed by atoms with Crippen LogP contribution in [0.25, 0.3) is 33.7 Å². The van der Waals surface area contributed by atoms with Crippen LogP contribution in [0.5, 0.6) is 5.75 Å². The van der Waals surface area contributed by atoms with Gasteiger partial charge in [-0.1, -0.05) is 19.3 Å². The summed E-state index contributed by atoms with van der Waals surface area (Å²) in [6.45, 7) is 0.560. The summed E-state index contributed by atoms with van der Waals surface area (Å²) in [5.41, 5.74) is 4.35. The number of carboxylic acids is 1. The Morgan fingerprint density at radius 3 is 2.40 bits per heavy atom. The number of fused-ring (bicyclic) bond motifs is 1. The van der Waals surface area contributed by atoms with Crippen molar-refractivity contribution in [3.63, 3.8) is 0 Å². The van der Waals surface area contributed by atoms with E-state index in [-0.39, 0.29) is 30.5 Å². The number of likely N-dealkylation sites (N-methyl/N-ethyl adjacent to an activating group) is 1. The number of nitrogens with zero attached hydrogens (tertiary/aromatic N) is 4. The number of aromatic carboxylic acids is 1. The molecular weight excluding hydrogens is 619 g/mol. The lowest BCUT2D eigenvalue weighted by Crippen LogP contribution is -2.26. The Balaban J connectivity index is 1.18. The lowest BCUT2D eigenvalue weighted by atomic mass is 9.95. The number of hydrogen-bond donors (Lipinski definition) is 1. The maximum atomic E-state index is 13.6. The molecule has 1 aliphatic carbocycles. The summed E-state index contributed by atoms with van der Waals surface area (Å²) in [5, 5.41) is 10.3. The van der Waals surface area contributed by atoms with E-state index in [9.17, 15) is 19.1 Å². The molecule has 47 heavy (non-hydrogen) atoms. The van der Waals surface area contributed by atoms with Crippen LogP contribution < -0.4 is 4.74 Å². The van der Waals surface area contributed by atoms with E-state index in [0.29, 0.717) is 30.3 Å². The van der Waals surface area contributed by atoms with Gasteiger partial charge in [-0.15, -0.1) is 11.3 Å². The van der Waals surface area contributed by atoms with Gasteiger partial charge in [0.25, 0.3) is 0 Å². The van der Waals surface area contributed by atoms with Crippen molar-refractivity contribution in [3.05, 3.63) is 88.0 Å². The van der Waals surface area contributed by atoms with Crippen LogP contribution in [-0.2, 0) is 22.6 Å². The van der Waals surface area contributed by atoms with E-state index < -0.39 is 5.97 Å². The van der Waals surface area contributed by atoms with Crippen molar-refractivity contribution in [3.8, 4) is 28.4 Å². The van der Waals surface area contributed by atoms with Crippen molar-refractivity contribution in [1.29, 1.82) is 0 Å².